The van der Waals surface area contributed by atoms with E-state index >= 15 is 0 Å². The first-order valence-electron chi connectivity index (χ1n) is 10.9. The smallest absolute Gasteiger partial charge is 0.280 e. The van der Waals surface area contributed by atoms with E-state index in [0.717, 1.165) is 53.1 Å². The van der Waals surface area contributed by atoms with Gasteiger partial charge in [-0.15, -0.1) is 11.3 Å². The lowest BCUT2D eigenvalue weighted by molar-refractivity contribution is 0.101. The molecule has 1 aliphatic rings. The molecule has 31 heavy (non-hydrogen) atoms. The van der Waals surface area contributed by atoms with Crippen LogP contribution in [0.25, 0.3) is 11.3 Å². The van der Waals surface area contributed by atoms with Crippen molar-refractivity contribution in [2.45, 2.75) is 53.0 Å². The van der Waals surface area contributed by atoms with Crippen LogP contribution in [0.5, 0.6) is 11.6 Å². The molecule has 1 aliphatic heterocycles. The molecule has 0 radical (unpaired) electrons. The van der Waals surface area contributed by atoms with Gasteiger partial charge in [-0.3, -0.25) is 4.79 Å². The van der Waals surface area contributed by atoms with E-state index in [4.69, 9.17) is 4.74 Å². The summed E-state index contributed by atoms with van der Waals surface area (Å²) in [6, 6.07) is 9.97. The SMILES string of the molecule is CCCCOc1csc(C2=NC(=O)c3c2c(O)n(CCCC)c3-c2ccc(C)cc2)c1. The lowest BCUT2D eigenvalue weighted by Crippen LogP contribution is -2.04. The monoisotopic (exact) mass is 436 g/mol. The number of benzene rings is 1. The molecule has 6 heteroatoms. The summed E-state index contributed by atoms with van der Waals surface area (Å²) in [6.07, 6.45) is 3.97. The number of aliphatic imine (C=N–C) groups is 1. The number of hydrogen-bond donors (Lipinski definition) is 1. The topological polar surface area (TPSA) is 63.8 Å². The fourth-order valence-corrected chi connectivity index (χ4v) is 4.65. The lowest BCUT2D eigenvalue weighted by Gasteiger charge is -2.12. The van der Waals surface area contributed by atoms with E-state index in [2.05, 4.69) is 18.8 Å². The molecule has 1 aromatic carbocycles. The maximum atomic E-state index is 13.0. The number of aromatic hydroxyl groups is 1. The van der Waals surface area contributed by atoms with Crippen LogP contribution in [-0.2, 0) is 6.54 Å². The number of aromatic nitrogens is 1. The van der Waals surface area contributed by atoms with Crippen molar-refractivity contribution in [1.29, 1.82) is 0 Å². The van der Waals surface area contributed by atoms with Gasteiger partial charge in [0.1, 0.15) is 5.75 Å². The number of carbonyl (C=O) groups is 1. The Bertz CT molecular complexity index is 1120. The van der Waals surface area contributed by atoms with Crippen molar-refractivity contribution in [2.24, 2.45) is 4.99 Å². The summed E-state index contributed by atoms with van der Waals surface area (Å²) in [6.45, 7) is 7.59. The van der Waals surface area contributed by atoms with Crippen LogP contribution in [0.3, 0.4) is 0 Å². The minimum Gasteiger partial charge on any atom is -0.494 e. The second-order valence-corrected chi connectivity index (χ2v) is 8.82. The van der Waals surface area contributed by atoms with Crippen molar-refractivity contribution in [3.8, 4) is 22.9 Å². The van der Waals surface area contributed by atoms with E-state index < -0.39 is 0 Å². The van der Waals surface area contributed by atoms with Crippen LogP contribution in [0.1, 0.15) is 65.9 Å². The number of fused-ring (bicyclic) bond motifs is 1. The van der Waals surface area contributed by atoms with Crippen molar-refractivity contribution in [3.63, 3.8) is 0 Å². The van der Waals surface area contributed by atoms with Crippen LogP contribution in [0.15, 0.2) is 40.7 Å². The first-order valence-corrected chi connectivity index (χ1v) is 11.8. The molecule has 1 amide bonds. The predicted octanol–water partition coefficient (Wildman–Crippen LogP) is 6.20. The molecule has 1 N–H and O–H groups in total. The molecule has 4 rings (SSSR count). The van der Waals surface area contributed by atoms with Gasteiger partial charge in [-0.25, -0.2) is 4.99 Å². The fraction of sp³-hybridized carbons (Fsp3) is 0.360. The molecule has 0 aliphatic carbocycles. The average molecular weight is 437 g/mol. The summed E-state index contributed by atoms with van der Waals surface area (Å²) >= 11 is 1.48. The zero-order valence-electron chi connectivity index (χ0n) is 18.3. The first-order chi connectivity index (χ1) is 15.0. The lowest BCUT2D eigenvalue weighted by atomic mass is 10.0. The van der Waals surface area contributed by atoms with Crippen molar-refractivity contribution in [2.75, 3.05) is 6.61 Å². The van der Waals surface area contributed by atoms with Gasteiger partial charge >= 0.3 is 0 Å². The predicted molar refractivity (Wildman–Crippen MR) is 126 cm³/mol. The molecule has 0 saturated heterocycles. The normalized spacial score (nSPS) is 12.9. The average Bonchev–Trinajstić information content (AvgIpc) is 3.43. The van der Waals surface area contributed by atoms with Crippen molar-refractivity contribution >= 4 is 23.0 Å². The Balaban J connectivity index is 1.78. The summed E-state index contributed by atoms with van der Waals surface area (Å²) in [7, 11) is 0. The molecule has 0 bridgehead atoms. The molecule has 0 saturated carbocycles. The Labute approximate surface area is 187 Å². The van der Waals surface area contributed by atoms with Crippen molar-refractivity contribution < 1.29 is 14.6 Å². The molecule has 3 aromatic rings. The number of nitrogens with zero attached hydrogens (tertiary/aromatic N) is 2. The van der Waals surface area contributed by atoms with Gasteiger partial charge < -0.3 is 14.4 Å². The van der Waals surface area contributed by atoms with Gasteiger partial charge in [-0.1, -0.05) is 56.5 Å². The summed E-state index contributed by atoms with van der Waals surface area (Å²) in [5, 5.41) is 13.1. The second kappa shape index (κ2) is 9.10. The molecule has 0 spiro atoms. The number of amides is 1. The summed E-state index contributed by atoms with van der Waals surface area (Å²) in [4.78, 5) is 18.2. The van der Waals surface area contributed by atoms with Crippen LogP contribution >= 0.6 is 11.3 Å². The van der Waals surface area contributed by atoms with E-state index in [-0.39, 0.29) is 11.8 Å². The highest BCUT2D eigenvalue weighted by atomic mass is 32.1. The quantitative estimate of drug-likeness (QED) is 0.406. The molecule has 3 heterocycles. The third-order valence-corrected chi connectivity index (χ3v) is 6.45. The summed E-state index contributed by atoms with van der Waals surface area (Å²) in [5.74, 6) is 0.596. The Hall–Kier alpha value is -2.86. The Kier molecular flexibility index (Phi) is 6.28. The fourth-order valence-electron chi connectivity index (χ4n) is 3.83. The standard InChI is InChI=1S/C25H28N2O3S/c1-4-6-12-27-23(17-10-8-16(3)9-11-17)21-20(25(27)29)22(26-24(21)28)19-14-18(15-31-19)30-13-7-5-2/h8-11,14-15,29H,4-7,12-13H2,1-3H3. The third kappa shape index (κ3) is 4.04. The van der Waals surface area contributed by atoms with Gasteiger partial charge in [-0.2, -0.15) is 0 Å². The number of thiophene rings is 1. The van der Waals surface area contributed by atoms with E-state index in [1.54, 1.807) is 0 Å². The zero-order valence-corrected chi connectivity index (χ0v) is 19.1. The number of ether oxygens (including phenoxy) is 1. The van der Waals surface area contributed by atoms with E-state index in [0.29, 0.717) is 30.0 Å². The third-order valence-electron chi connectivity index (χ3n) is 5.54. The maximum Gasteiger partial charge on any atom is 0.280 e. The number of rotatable bonds is 9. The first kappa shape index (κ1) is 21.4. The van der Waals surface area contributed by atoms with Crippen LogP contribution in [-0.4, -0.2) is 27.9 Å². The zero-order chi connectivity index (χ0) is 22.0. The van der Waals surface area contributed by atoms with Crippen LogP contribution in [0, 0.1) is 6.92 Å². The second-order valence-electron chi connectivity index (χ2n) is 7.91. The van der Waals surface area contributed by atoms with Crippen molar-refractivity contribution in [3.05, 3.63) is 57.3 Å². The minimum absolute atomic E-state index is 0.116. The van der Waals surface area contributed by atoms with Gasteiger partial charge in [0.25, 0.3) is 5.91 Å². The molecule has 0 atom stereocenters. The molecule has 2 aromatic heterocycles. The van der Waals surface area contributed by atoms with Gasteiger partial charge in [0, 0.05) is 18.0 Å². The molecular formula is C25H28N2O3S. The Morgan fingerprint density at radius 1 is 1.10 bits per heavy atom. The van der Waals surface area contributed by atoms with Crippen LogP contribution in [0.2, 0.25) is 0 Å². The summed E-state index contributed by atoms with van der Waals surface area (Å²) < 4.78 is 7.67. The van der Waals surface area contributed by atoms with Gasteiger partial charge in [0.15, 0.2) is 0 Å². The van der Waals surface area contributed by atoms with Gasteiger partial charge in [-0.05, 0) is 25.3 Å². The van der Waals surface area contributed by atoms with E-state index in [1.165, 1.54) is 11.3 Å². The highest BCUT2D eigenvalue weighted by molar-refractivity contribution is 7.12. The number of carbonyl (C=O) groups excluding carboxylic acids is 1. The van der Waals surface area contributed by atoms with E-state index in [1.807, 2.05) is 47.2 Å². The summed E-state index contributed by atoms with van der Waals surface area (Å²) in [5.41, 5.74) is 4.39. The molecular weight excluding hydrogens is 408 g/mol. The molecule has 5 nitrogen and oxygen atoms in total. The molecule has 162 valence electrons. The van der Waals surface area contributed by atoms with Gasteiger partial charge in [0.05, 0.1) is 34.0 Å². The van der Waals surface area contributed by atoms with Crippen LogP contribution in [0.4, 0.5) is 0 Å². The number of aryl methyl sites for hydroxylation is 1. The Morgan fingerprint density at radius 2 is 1.84 bits per heavy atom. The highest BCUT2D eigenvalue weighted by Crippen LogP contribution is 2.42. The van der Waals surface area contributed by atoms with Gasteiger partial charge in [0.2, 0.25) is 5.88 Å². The molecule has 0 fully saturated rings. The maximum absolute atomic E-state index is 13.0. The van der Waals surface area contributed by atoms with E-state index in [9.17, 15) is 9.90 Å². The number of hydrogen-bond acceptors (Lipinski definition) is 4. The largest absolute Gasteiger partial charge is 0.494 e. The highest BCUT2D eigenvalue weighted by Gasteiger charge is 2.36. The number of unbranched alkanes of at least 4 members (excludes halogenated alkanes) is 2. The van der Waals surface area contributed by atoms with Crippen molar-refractivity contribution in [1.82, 2.24) is 4.57 Å². The molecule has 0 unspecified atom stereocenters. The minimum atomic E-state index is -0.298. The van der Waals surface area contributed by atoms with Crippen LogP contribution < -0.4 is 4.74 Å². The Morgan fingerprint density at radius 3 is 2.55 bits per heavy atom.